The zero-order valence-electron chi connectivity index (χ0n) is 86.3. The van der Waals surface area contributed by atoms with E-state index in [1.165, 1.54) is 263 Å². The molecule has 0 aliphatic rings. The van der Waals surface area contributed by atoms with Crippen LogP contribution in [0.1, 0.15) is 483 Å². The van der Waals surface area contributed by atoms with Gasteiger partial charge < -0.3 is 34.2 Å². The summed E-state index contributed by atoms with van der Waals surface area (Å²) in [6, 6.07) is 0. The normalized spacial score (nSPS) is 14.3. The van der Waals surface area contributed by atoms with Gasteiger partial charge in [0.1, 0.15) is 25.4 Å². The summed E-state index contributed by atoms with van der Waals surface area (Å²) in [4.78, 5) is 59.3. The van der Waals surface area contributed by atoms with E-state index in [9.17, 15) is 43.5 Å². The molecule has 4 N–H and O–H groups in total. The van der Waals surface area contributed by atoms with Crippen molar-refractivity contribution in [2.24, 2.45) is 0 Å². The van der Waals surface area contributed by atoms with Crippen LogP contribution >= 0.6 is 15.6 Å². The Morgan fingerprint density at radius 1 is 0.215 bits per heavy atom. The monoisotopic (exact) mass is 1930 g/mol. The molecule has 0 saturated carbocycles. The summed E-state index contributed by atoms with van der Waals surface area (Å²) in [6.45, 7) is 2.52. The van der Waals surface area contributed by atoms with Crippen molar-refractivity contribution < 1.29 is 75.8 Å². The number of hydrogen-bond donors (Lipinski definition) is 4. The Kier molecular flexibility index (Phi) is 103. The van der Waals surface area contributed by atoms with Crippen LogP contribution < -0.4 is 0 Å². The second-order valence-electron chi connectivity index (χ2n) is 36.7. The highest BCUT2D eigenvalue weighted by molar-refractivity contribution is 7.47. The maximum atomic E-state index is 13.2. The molecule has 0 aliphatic heterocycles. The molecule has 0 aromatic carbocycles. The van der Waals surface area contributed by atoms with Gasteiger partial charge in [0.25, 0.3) is 0 Å². The van der Waals surface area contributed by atoms with Gasteiger partial charge in [-0.1, -0.05) is 486 Å². The van der Waals surface area contributed by atoms with Crippen LogP contribution in [0.2, 0.25) is 0 Å². The van der Waals surface area contributed by atoms with E-state index >= 15 is 0 Å². The van der Waals surface area contributed by atoms with Gasteiger partial charge in [0.05, 0.1) is 26.4 Å². The standard InChI is InChI=1S/C117H202O16P2/c1-4-7-10-13-16-19-22-25-28-31-34-37-40-43-46-49-52-54-55-57-60-61-64-67-70-73-76-79-82-85-88-91-94-97-100-103-115(120)127-106-112(118)107-129-134(123,124)130-108-113(119)109-131-135(125,126)132-111-114(133-117(122)105-102-99-96-93-90-87-84-81-78-75-72-69-66-63-58-51-48-45-42-39-36-33-30-27-24-21-18-15-12-9-6-3)110-128-116(121)104-101-98-95-92-89-86-83-80-77-74-71-68-65-62-59-56-53-50-47-44-41-38-35-32-29-26-23-20-17-14-11-8-5-2/h8-9,11-12,16-21,25-30,34-39,43-48,58,63,112-114,118-119H,4-7,10,13-15,22-24,31-33,40-42,49-57,59-62,64-111H2,1-3H3,(H,123,124)(H,125,126)/b11-8-,12-9-,19-16-,20-17-,21-18-,28-25-,29-26-,30-27-,37-34-,38-35-,39-36-,46-43-,47-44-,48-45-,63-58-. The first kappa shape index (κ1) is 130. The Hall–Kier alpha value is -5.35. The van der Waals surface area contributed by atoms with Gasteiger partial charge in [-0.2, -0.15) is 0 Å². The number of allylic oxidation sites excluding steroid dienone is 30. The van der Waals surface area contributed by atoms with E-state index in [-0.39, 0.29) is 19.3 Å². The van der Waals surface area contributed by atoms with Crippen molar-refractivity contribution in [1.29, 1.82) is 0 Å². The van der Waals surface area contributed by atoms with Gasteiger partial charge in [-0.05, 0) is 161 Å². The highest BCUT2D eigenvalue weighted by atomic mass is 31.2. The lowest BCUT2D eigenvalue weighted by molar-refractivity contribution is -0.161. The van der Waals surface area contributed by atoms with Gasteiger partial charge in [-0.3, -0.25) is 32.5 Å². The highest BCUT2D eigenvalue weighted by Crippen LogP contribution is 2.45. The molecule has 0 amide bonds. The van der Waals surface area contributed by atoms with Crippen molar-refractivity contribution in [2.75, 3.05) is 39.6 Å². The van der Waals surface area contributed by atoms with Crippen LogP contribution in [0.5, 0.6) is 0 Å². The van der Waals surface area contributed by atoms with Crippen molar-refractivity contribution in [1.82, 2.24) is 0 Å². The van der Waals surface area contributed by atoms with Crippen LogP contribution in [-0.4, -0.2) is 95.9 Å². The molecule has 18 heteroatoms. The minimum Gasteiger partial charge on any atom is -0.463 e. The molecule has 0 aromatic heterocycles. The maximum absolute atomic E-state index is 13.2. The van der Waals surface area contributed by atoms with Gasteiger partial charge >= 0.3 is 33.6 Å². The summed E-state index contributed by atoms with van der Waals surface area (Å²) in [5.41, 5.74) is 0. The Balaban J connectivity index is 4.60. The van der Waals surface area contributed by atoms with E-state index in [2.05, 4.69) is 203 Å². The fourth-order valence-electron chi connectivity index (χ4n) is 15.4. The fourth-order valence-corrected chi connectivity index (χ4v) is 16.9. The van der Waals surface area contributed by atoms with E-state index in [0.29, 0.717) is 19.3 Å². The minimum atomic E-state index is -4.95. The molecule has 0 rings (SSSR count). The summed E-state index contributed by atoms with van der Waals surface area (Å²) >= 11 is 0. The number of carbonyl (C=O) groups is 3. The summed E-state index contributed by atoms with van der Waals surface area (Å²) < 4.78 is 61.8. The van der Waals surface area contributed by atoms with Gasteiger partial charge in [0.2, 0.25) is 0 Å². The van der Waals surface area contributed by atoms with Crippen molar-refractivity contribution in [3.8, 4) is 0 Å². The molecule has 0 spiro atoms. The Labute approximate surface area is 827 Å². The summed E-state index contributed by atoms with van der Waals surface area (Å²) in [7, 11) is -9.82. The third-order valence-electron chi connectivity index (χ3n) is 23.6. The van der Waals surface area contributed by atoms with E-state index in [1.807, 2.05) is 0 Å². The van der Waals surface area contributed by atoms with E-state index in [4.69, 9.17) is 32.3 Å². The zero-order valence-corrected chi connectivity index (χ0v) is 88.1. The number of unbranched alkanes of at least 4 members (excludes halogenated alkanes) is 51. The van der Waals surface area contributed by atoms with E-state index < -0.39 is 91.5 Å². The quantitative estimate of drug-likeness (QED) is 0.0146. The van der Waals surface area contributed by atoms with Crippen LogP contribution in [0.25, 0.3) is 0 Å². The molecule has 0 radical (unpaired) electrons. The fraction of sp³-hybridized carbons (Fsp3) is 0.718. The Morgan fingerprint density at radius 3 is 0.622 bits per heavy atom. The molecule has 0 aromatic rings. The maximum Gasteiger partial charge on any atom is 0.472 e. The van der Waals surface area contributed by atoms with Crippen molar-refractivity contribution in [2.45, 2.75) is 501 Å². The van der Waals surface area contributed by atoms with Gasteiger partial charge in [-0.15, -0.1) is 0 Å². The SMILES string of the molecule is CC/C=C\C/C=C\C/C=C\C/C=C\C/C=C\C/C=C\CCCCCCCCCCCCCCC(=O)OC(COC(=O)CCCCCCCCCCCCCCCCCCC/C=C\C/C=C\C/C=C\C/C=C\C/C=C\CC)COP(=O)(O)OCC(O)COP(=O)(O)OCC(O)COC(=O)CCCCCCCCCCCCCCCCCCCCC/C=C\C/C=C\C/C=C\C/C=C\CCCCC. The van der Waals surface area contributed by atoms with Crippen molar-refractivity contribution in [3.05, 3.63) is 182 Å². The van der Waals surface area contributed by atoms with Gasteiger partial charge in [0, 0.05) is 19.3 Å². The molecule has 5 atom stereocenters. The average molecular weight is 1930 g/mol. The molecule has 0 heterocycles. The molecule has 0 aliphatic carbocycles. The van der Waals surface area contributed by atoms with E-state index in [1.54, 1.807) is 0 Å². The molecule has 776 valence electrons. The molecule has 135 heavy (non-hydrogen) atoms. The summed E-state index contributed by atoms with van der Waals surface area (Å²) in [6.07, 6.45) is 144. The number of ether oxygens (including phenoxy) is 3. The smallest absolute Gasteiger partial charge is 0.463 e. The molecule has 5 unspecified atom stereocenters. The second kappa shape index (κ2) is 107. The number of esters is 3. The van der Waals surface area contributed by atoms with Crippen molar-refractivity contribution in [3.63, 3.8) is 0 Å². The lowest BCUT2D eigenvalue weighted by Gasteiger charge is -2.21. The van der Waals surface area contributed by atoms with Crippen LogP contribution in [0.4, 0.5) is 0 Å². The van der Waals surface area contributed by atoms with Crippen LogP contribution in [0.3, 0.4) is 0 Å². The lowest BCUT2D eigenvalue weighted by atomic mass is 10.0. The Morgan fingerprint density at radius 2 is 0.393 bits per heavy atom. The molecular weight excluding hydrogens is 1720 g/mol. The summed E-state index contributed by atoms with van der Waals surface area (Å²) in [5, 5.41) is 20.8. The number of carbonyl (C=O) groups excluding carboxylic acids is 3. The number of phosphoric ester groups is 2. The van der Waals surface area contributed by atoms with Crippen LogP contribution in [0.15, 0.2) is 182 Å². The van der Waals surface area contributed by atoms with Crippen LogP contribution in [0, 0.1) is 0 Å². The zero-order chi connectivity index (χ0) is 97.8. The molecule has 16 nitrogen and oxygen atoms in total. The number of aliphatic hydroxyl groups is 2. The number of aliphatic hydroxyl groups excluding tert-OH is 2. The summed E-state index contributed by atoms with van der Waals surface area (Å²) in [5.74, 6) is -1.56. The lowest BCUT2D eigenvalue weighted by Crippen LogP contribution is -2.30. The first-order valence-corrected chi connectivity index (χ1v) is 58.1. The van der Waals surface area contributed by atoms with Crippen molar-refractivity contribution >= 4 is 33.6 Å². The minimum absolute atomic E-state index is 0.0990. The van der Waals surface area contributed by atoms with Gasteiger partial charge in [-0.25, -0.2) is 9.13 Å². The number of hydrogen-bond acceptors (Lipinski definition) is 14. The predicted octanol–water partition coefficient (Wildman–Crippen LogP) is 35.5. The predicted molar refractivity (Wildman–Crippen MR) is 574 cm³/mol. The molecule has 0 fully saturated rings. The topological polar surface area (TPSA) is 231 Å². The molecule has 0 saturated heterocycles. The second-order valence-corrected chi connectivity index (χ2v) is 39.6. The Bertz CT molecular complexity index is 3190. The average Bonchev–Trinajstić information content (AvgIpc) is 0.895. The first-order valence-electron chi connectivity index (χ1n) is 55.1. The van der Waals surface area contributed by atoms with E-state index in [0.717, 1.165) is 161 Å². The highest BCUT2D eigenvalue weighted by Gasteiger charge is 2.30. The molecule has 0 bridgehead atoms. The third-order valence-corrected chi connectivity index (χ3v) is 25.5. The first-order chi connectivity index (χ1) is 66.2. The third kappa shape index (κ3) is 109. The largest absolute Gasteiger partial charge is 0.472 e. The number of rotatable bonds is 104. The van der Waals surface area contributed by atoms with Crippen LogP contribution in [-0.2, 0) is 55.8 Å². The molecular formula is C117H202O16P2. The van der Waals surface area contributed by atoms with Gasteiger partial charge in [0.15, 0.2) is 6.10 Å². The number of phosphoric acid groups is 2.